The molecule has 48 heavy (non-hydrogen) atoms. The molecule has 0 unspecified atom stereocenters. The molecule has 0 aromatic heterocycles. The molecular weight excluding hydrogens is 618 g/mol. The van der Waals surface area contributed by atoms with Gasteiger partial charge in [-0.1, -0.05) is 20.8 Å². The van der Waals surface area contributed by atoms with Gasteiger partial charge in [-0.2, -0.15) is 0 Å². The van der Waals surface area contributed by atoms with Crippen LogP contribution in [0.3, 0.4) is 0 Å². The normalized spacial score (nSPS) is 11.3. The minimum atomic E-state index is -0.569. The smallest absolute Gasteiger partial charge is 0.200 e. The van der Waals surface area contributed by atoms with Gasteiger partial charge in [0.25, 0.3) is 0 Å². The van der Waals surface area contributed by atoms with Gasteiger partial charge in [-0.3, -0.25) is 0 Å². The van der Waals surface area contributed by atoms with Crippen LogP contribution in [0.4, 0.5) is 0 Å². The molecule has 0 spiro atoms. The van der Waals surface area contributed by atoms with E-state index in [0.717, 1.165) is 52.6 Å². The standard InChI is InChI=1S/C36H45N3O9/c1-4-22-25(16-37-13-19-7-28(40)34(46)29(41)8-19)23(5-2)27(18-39-15-21-11-32(44)36(48)33(45)12-21)24(6-3)26(22)17-38-14-20-9-30(42)35(47)31(43)10-20/h7-12,37-48H,4-6,13-18H2,1-3H3. The number of aromatic hydroxyl groups is 9. The summed E-state index contributed by atoms with van der Waals surface area (Å²) in [5.41, 5.74) is 8.58. The minimum absolute atomic E-state index is 0.312. The van der Waals surface area contributed by atoms with Gasteiger partial charge in [0.1, 0.15) is 0 Å². The van der Waals surface area contributed by atoms with Crippen LogP contribution in [0.25, 0.3) is 0 Å². The van der Waals surface area contributed by atoms with Gasteiger partial charge < -0.3 is 61.9 Å². The third-order valence-corrected chi connectivity index (χ3v) is 8.53. The molecule has 12 N–H and O–H groups in total. The summed E-state index contributed by atoms with van der Waals surface area (Å²) in [5, 5.41) is 99.4. The van der Waals surface area contributed by atoms with E-state index < -0.39 is 51.7 Å². The van der Waals surface area contributed by atoms with Crippen LogP contribution < -0.4 is 16.0 Å². The molecule has 0 amide bonds. The van der Waals surface area contributed by atoms with Crippen LogP contribution in [0.15, 0.2) is 36.4 Å². The molecule has 0 radical (unpaired) electrons. The van der Waals surface area contributed by atoms with Crippen LogP contribution in [0.5, 0.6) is 51.7 Å². The first-order valence-electron chi connectivity index (χ1n) is 15.9. The zero-order valence-electron chi connectivity index (χ0n) is 27.4. The molecule has 0 aliphatic heterocycles. The van der Waals surface area contributed by atoms with Crippen molar-refractivity contribution in [2.45, 2.75) is 79.3 Å². The Hall–Kier alpha value is -5.04. The Balaban J connectivity index is 1.68. The Labute approximate surface area is 279 Å². The third kappa shape index (κ3) is 7.91. The lowest BCUT2D eigenvalue weighted by Crippen LogP contribution is -2.24. The van der Waals surface area contributed by atoms with E-state index in [1.165, 1.54) is 36.4 Å². The molecule has 0 fully saturated rings. The van der Waals surface area contributed by atoms with Crippen LogP contribution >= 0.6 is 0 Å². The SMILES string of the molecule is CCc1c(CNCc2cc(O)c(O)c(O)c2)c(CC)c(CNCc2cc(O)c(O)c(O)c2)c(CC)c1CNCc1cc(O)c(O)c(O)c1. The number of hydrogen-bond acceptors (Lipinski definition) is 12. The largest absolute Gasteiger partial charge is 0.504 e. The summed E-state index contributed by atoms with van der Waals surface area (Å²) < 4.78 is 0. The summed E-state index contributed by atoms with van der Waals surface area (Å²) >= 11 is 0. The van der Waals surface area contributed by atoms with Gasteiger partial charge in [0, 0.05) is 39.3 Å². The summed E-state index contributed by atoms with van der Waals surface area (Å²) in [4.78, 5) is 0. The predicted molar refractivity (Wildman–Crippen MR) is 181 cm³/mol. The van der Waals surface area contributed by atoms with Crippen molar-refractivity contribution < 1.29 is 46.0 Å². The molecule has 12 nitrogen and oxygen atoms in total. The quantitative estimate of drug-likeness (QED) is 0.0786. The molecule has 4 rings (SSSR count). The minimum Gasteiger partial charge on any atom is -0.504 e. The summed E-state index contributed by atoms with van der Waals surface area (Å²) in [6.07, 6.45) is 2.19. The highest BCUT2D eigenvalue weighted by Gasteiger charge is 2.22. The van der Waals surface area contributed by atoms with E-state index in [1.807, 2.05) is 0 Å². The molecule has 12 heteroatoms. The van der Waals surface area contributed by atoms with Crippen molar-refractivity contribution in [2.75, 3.05) is 0 Å². The maximum Gasteiger partial charge on any atom is 0.200 e. The molecule has 0 bridgehead atoms. The van der Waals surface area contributed by atoms with Gasteiger partial charge in [-0.15, -0.1) is 0 Å². The fourth-order valence-corrected chi connectivity index (χ4v) is 6.30. The third-order valence-electron chi connectivity index (χ3n) is 8.53. The number of rotatable bonds is 15. The highest BCUT2D eigenvalue weighted by Crippen LogP contribution is 2.38. The molecule has 4 aromatic carbocycles. The van der Waals surface area contributed by atoms with Crippen molar-refractivity contribution in [1.82, 2.24) is 16.0 Å². The van der Waals surface area contributed by atoms with E-state index in [-0.39, 0.29) is 0 Å². The lowest BCUT2D eigenvalue weighted by atomic mass is 9.83. The lowest BCUT2D eigenvalue weighted by molar-refractivity contribution is 0.366. The summed E-state index contributed by atoms with van der Waals surface area (Å²) in [7, 11) is 0. The average Bonchev–Trinajstić information content (AvgIpc) is 3.04. The summed E-state index contributed by atoms with van der Waals surface area (Å²) in [6, 6.07) is 8.37. The van der Waals surface area contributed by atoms with Gasteiger partial charge in [0.15, 0.2) is 51.7 Å². The first-order valence-corrected chi connectivity index (χ1v) is 15.9. The number of benzene rings is 4. The number of phenols is 9. The monoisotopic (exact) mass is 663 g/mol. The van der Waals surface area contributed by atoms with Crippen LogP contribution in [0.2, 0.25) is 0 Å². The average molecular weight is 664 g/mol. The topological polar surface area (TPSA) is 218 Å². The predicted octanol–water partition coefficient (Wildman–Crippen LogP) is 4.59. The summed E-state index contributed by atoms with van der Waals surface area (Å²) in [5.74, 6) is -4.15. The van der Waals surface area contributed by atoms with E-state index in [4.69, 9.17) is 0 Å². The van der Waals surface area contributed by atoms with Crippen molar-refractivity contribution >= 4 is 0 Å². The molecule has 0 aliphatic rings. The van der Waals surface area contributed by atoms with Gasteiger partial charge >= 0.3 is 0 Å². The second kappa shape index (κ2) is 15.7. The maximum absolute atomic E-state index is 9.98. The number of nitrogens with one attached hydrogen (secondary N) is 3. The fourth-order valence-electron chi connectivity index (χ4n) is 6.30. The van der Waals surface area contributed by atoms with E-state index in [1.54, 1.807) is 0 Å². The Morgan fingerprint density at radius 2 is 0.542 bits per heavy atom. The molecule has 0 heterocycles. The Bertz CT molecular complexity index is 1480. The zero-order chi connectivity index (χ0) is 35.1. The molecule has 0 saturated heterocycles. The second-order valence-electron chi connectivity index (χ2n) is 11.7. The van der Waals surface area contributed by atoms with Crippen molar-refractivity contribution in [2.24, 2.45) is 0 Å². The second-order valence-corrected chi connectivity index (χ2v) is 11.7. The fraction of sp³-hybridized carbons (Fsp3) is 0.333. The van der Waals surface area contributed by atoms with Crippen LogP contribution in [0.1, 0.15) is 70.8 Å². The van der Waals surface area contributed by atoms with Crippen molar-refractivity contribution in [1.29, 1.82) is 0 Å². The molecule has 0 atom stereocenters. The molecule has 258 valence electrons. The molecule has 0 aliphatic carbocycles. The Kier molecular flexibility index (Phi) is 11.7. The van der Waals surface area contributed by atoms with E-state index >= 15 is 0 Å². The Morgan fingerprint density at radius 1 is 0.333 bits per heavy atom. The van der Waals surface area contributed by atoms with Gasteiger partial charge in [0.2, 0.25) is 0 Å². The van der Waals surface area contributed by atoms with Crippen molar-refractivity contribution in [3.05, 3.63) is 86.5 Å². The highest BCUT2D eigenvalue weighted by molar-refractivity contribution is 5.55. The highest BCUT2D eigenvalue weighted by atomic mass is 16.3. The molecular formula is C36H45N3O9. The summed E-state index contributed by atoms with van der Waals surface area (Å²) in [6.45, 7) is 8.62. The maximum atomic E-state index is 9.98. The zero-order valence-corrected chi connectivity index (χ0v) is 27.4. The van der Waals surface area contributed by atoms with Gasteiger partial charge in [-0.25, -0.2) is 0 Å². The van der Waals surface area contributed by atoms with Crippen LogP contribution in [0, 0.1) is 0 Å². The van der Waals surface area contributed by atoms with Gasteiger partial charge in [0.05, 0.1) is 0 Å². The first-order chi connectivity index (χ1) is 22.9. The van der Waals surface area contributed by atoms with Crippen molar-refractivity contribution in [3.8, 4) is 51.7 Å². The number of phenolic OH excluding ortho intramolecular Hbond substituents is 9. The van der Waals surface area contributed by atoms with Gasteiger partial charge in [-0.05, 0) is 106 Å². The Morgan fingerprint density at radius 3 is 0.729 bits per heavy atom. The molecule has 4 aromatic rings. The van der Waals surface area contributed by atoms with E-state index in [2.05, 4.69) is 36.7 Å². The van der Waals surface area contributed by atoms with Crippen molar-refractivity contribution in [3.63, 3.8) is 0 Å². The van der Waals surface area contributed by atoms with Crippen LogP contribution in [-0.4, -0.2) is 46.0 Å². The first kappa shape index (κ1) is 35.8. The molecule has 0 saturated carbocycles. The van der Waals surface area contributed by atoms with Crippen LogP contribution in [-0.2, 0) is 58.5 Å². The lowest BCUT2D eigenvalue weighted by Gasteiger charge is -2.27. The number of hydrogen-bond donors (Lipinski definition) is 12. The van der Waals surface area contributed by atoms with E-state index in [0.29, 0.717) is 56.0 Å². The van der Waals surface area contributed by atoms with E-state index in [9.17, 15) is 46.0 Å².